The van der Waals surface area contributed by atoms with Gasteiger partial charge in [0, 0.05) is 13.7 Å². The van der Waals surface area contributed by atoms with Crippen molar-refractivity contribution in [1.29, 1.82) is 0 Å². The molecule has 0 atom stereocenters. The number of rotatable bonds is 8. The van der Waals surface area contributed by atoms with Gasteiger partial charge >= 0.3 is 6.18 Å². The molecular formula is C13H18F3NO3S. The lowest BCUT2D eigenvalue weighted by molar-refractivity contribution is -0.137. The molecule has 0 fully saturated rings. The molecule has 0 saturated carbocycles. The molecule has 0 radical (unpaired) electrons. The van der Waals surface area contributed by atoms with Gasteiger partial charge in [-0.05, 0) is 31.2 Å². The molecule has 0 saturated heterocycles. The summed E-state index contributed by atoms with van der Waals surface area (Å²) in [6, 6.07) is 3.81. The van der Waals surface area contributed by atoms with Crippen LogP contribution >= 0.6 is 0 Å². The quantitative estimate of drug-likeness (QED) is 0.744. The highest BCUT2D eigenvalue weighted by molar-refractivity contribution is 7.91. The van der Waals surface area contributed by atoms with Crippen molar-refractivity contribution in [3.63, 3.8) is 0 Å². The topological polar surface area (TPSA) is 55.4 Å². The summed E-state index contributed by atoms with van der Waals surface area (Å²) >= 11 is 0. The van der Waals surface area contributed by atoms with Crippen LogP contribution < -0.4 is 5.32 Å². The van der Waals surface area contributed by atoms with Crippen molar-refractivity contribution in [2.75, 3.05) is 32.6 Å². The van der Waals surface area contributed by atoms with Gasteiger partial charge in [-0.3, -0.25) is 0 Å². The highest BCUT2D eigenvalue weighted by Gasteiger charge is 2.31. The predicted octanol–water partition coefficient (Wildman–Crippen LogP) is 2.11. The van der Waals surface area contributed by atoms with Gasteiger partial charge in [-0.15, -0.1) is 0 Å². The second kappa shape index (κ2) is 7.77. The Hall–Kier alpha value is -1.12. The molecule has 8 heteroatoms. The molecule has 0 aliphatic heterocycles. The second-order valence-corrected chi connectivity index (χ2v) is 6.55. The number of sulfone groups is 1. The van der Waals surface area contributed by atoms with Crippen LogP contribution in [0.1, 0.15) is 12.0 Å². The molecule has 0 bridgehead atoms. The van der Waals surface area contributed by atoms with E-state index < -0.39 is 21.6 Å². The highest BCUT2D eigenvalue weighted by Crippen LogP contribution is 2.30. The molecule has 0 amide bonds. The van der Waals surface area contributed by atoms with Crippen molar-refractivity contribution in [3.05, 3.63) is 29.8 Å². The lowest BCUT2D eigenvalue weighted by Gasteiger charge is -2.09. The Morgan fingerprint density at radius 3 is 2.57 bits per heavy atom. The first-order valence-corrected chi connectivity index (χ1v) is 8.02. The van der Waals surface area contributed by atoms with Gasteiger partial charge in [0.1, 0.15) is 0 Å². The van der Waals surface area contributed by atoms with Crippen molar-refractivity contribution >= 4 is 9.84 Å². The van der Waals surface area contributed by atoms with E-state index in [0.29, 0.717) is 32.2 Å². The van der Waals surface area contributed by atoms with Crippen LogP contribution in [0.4, 0.5) is 13.2 Å². The predicted molar refractivity (Wildman–Crippen MR) is 72.9 cm³/mol. The molecule has 1 rings (SSSR count). The summed E-state index contributed by atoms with van der Waals surface area (Å²) in [5, 5.41) is 2.98. The molecule has 0 aromatic heterocycles. The van der Waals surface area contributed by atoms with Crippen LogP contribution in [0.2, 0.25) is 0 Å². The van der Waals surface area contributed by atoms with Crippen LogP contribution in [-0.2, 0) is 20.8 Å². The number of alkyl halides is 3. The zero-order chi connectivity index (χ0) is 15.9. The normalized spacial score (nSPS) is 12.6. The smallest absolute Gasteiger partial charge is 0.383 e. The van der Waals surface area contributed by atoms with Gasteiger partial charge in [-0.25, -0.2) is 8.42 Å². The molecule has 0 unspecified atom stereocenters. The molecule has 0 spiro atoms. The van der Waals surface area contributed by atoms with Crippen LogP contribution in [0.5, 0.6) is 0 Å². The van der Waals surface area contributed by atoms with Gasteiger partial charge in [-0.1, -0.05) is 6.07 Å². The lowest BCUT2D eigenvalue weighted by atomic mass is 10.2. The highest BCUT2D eigenvalue weighted by atomic mass is 32.2. The third-order valence-electron chi connectivity index (χ3n) is 2.77. The van der Waals surface area contributed by atoms with E-state index in [0.717, 1.165) is 12.1 Å². The Morgan fingerprint density at radius 1 is 1.24 bits per heavy atom. The van der Waals surface area contributed by atoms with E-state index in [9.17, 15) is 21.6 Å². The summed E-state index contributed by atoms with van der Waals surface area (Å²) in [7, 11) is -2.15. The van der Waals surface area contributed by atoms with Crippen molar-refractivity contribution in [1.82, 2.24) is 5.32 Å². The summed E-state index contributed by atoms with van der Waals surface area (Å²) in [5.41, 5.74) is -0.957. The minimum absolute atomic E-state index is 0.200. The number of ether oxygens (including phenoxy) is 1. The molecule has 1 aromatic rings. The Morgan fingerprint density at radius 2 is 1.95 bits per heavy atom. The number of hydrogen-bond acceptors (Lipinski definition) is 4. The number of benzene rings is 1. The summed E-state index contributed by atoms with van der Waals surface area (Å²) in [6.45, 7) is 1.57. The van der Waals surface area contributed by atoms with Gasteiger partial charge in [-0.2, -0.15) is 13.2 Å². The first-order valence-electron chi connectivity index (χ1n) is 6.37. The number of methoxy groups -OCH3 is 1. The maximum Gasteiger partial charge on any atom is 0.416 e. The Kier molecular flexibility index (Phi) is 6.63. The third-order valence-corrected chi connectivity index (χ3v) is 4.57. The Bertz CT molecular complexity index is 544. The van der Waals surface area contributed by atoms with E-state index in [1.807, 2.05) is 0 Å². The van der Waals surface area contributed by atoms with E-state index in [4.69, 9.17) is 4.74 Å². The average molecular weight is 325 g/mol. The molecule has 0 aliphatic carbocycles. The van der Waals surface area contributed by atoms with Crippen LogP contribution in [0.3, 0.4) is 0 Å². The van der Waals surface area contributed by atoms with Crippen molar-refractivity contribution < 1.29 is 26.3 Å². The zero-order valence-corrected chi connectivity index (χ0v) is 12.4. The average Bonchev–Trinajstić information content (AvgIpc) is 2.42. The van der Waals surface area contributed by atoms with E-state index in [1.165, 1.54) is 6.07 Å². The van der Waals surface area contributed by atoms with Crippen LogP contribution in [0.15, 0.2) is 29.2 Å². The SMILES string of the molecule is COCCNCCCS(=O)(=O)c1cccc(C(F)(F)F)c1. The summed E-state index contributed by atoms with van der Waals surface area (Å²) < 4.78 is 66.5. The van der Waals surface area contributed by atoms with E-state index >= 15 is 0 Å². The maximum absolute atomic E-state index is 12.6. The summed E-state index contributed by atoms with van der Waals surface area (Å²) in [6.07, 6.45) is -4.23. The standard InChI is InChI=1S/C13H18F3NO3S/c1-20-8-7-17-6-3-9-21(18,19)12-5-2-4-11(10-12)13(14,15)16/h2,4-5,10,17H,3,6-9H2,1H3. The molecule has 0 heterocycles. The van der Waals surface area contributed by atoms with Gasteiger partial charge in [0.2, 0.25) is 0 Å². The molecular weight excluding hydrogens is 307 g/mol. The van der Waals surface area contributed by atoms with Crippen molar-refractivity contribution in [3.8, 4) is 0 Å². The molecule has 4 nitrogen and oxygen atoms in total. The van der Waals surface area contributed by atoms with Gasteiger partial charge in [0.25, 0.3) is 0 Å². The van der Waals surface area contributed by atoms with Gasteiger partial charge in [0.15, 0.2) is 9.84 Å². The second-order valence-electron chi connectivity index (χ2n) is 4.44. The summed E-state index contributed by atoms with van der Waals surface area (Å²) in [4.78, 5) is -0.297. The first kappa shape index (κ1) is 17.9. The molecule has 0 aliphatic rings. The third kappa shape index (κ3) is 6.03. The minimum atomic E-state index is -4.55. The van der Waals surface area contributed by atoms with E-state index in [1.54, 1.807) is 7.11 Å². The minimum Gasteiger partial charge on any atom is -0.383 e. The summed E-state index contributed by atoms with van der Waals surface area (Å²) in [5.74, 6) is -0.200. The molecule has 1 N–H and O–H groups in total. The monoisotopic (exact) mass is 325 g/mol. The fourth-order valence-corrected chi connectivity index (χ4v) is 3.02. The first-order chi connectivity index (χ1) is 9.77. The number of nitrogens with one attached hydrogen (secondary N) is 1. The van der Waals surface area contributed by atoms with Crippen LogP contribution in [0, 0.1) is 0 Å². The van der Waals surface area contributed by atoms with Crippen molar-refractivity contribution in [2.45, 2.75) is 17.5 Å². The lowest BCUT2D eigenvalue weighted by Crippen LogP contribution is -2.22. The fourth-order valence-electron chi connectivity index (χ4n) is 1.67. The largest absolute Gasteiger partial charge is 0.416 e. The maximum atomic E-state index is 12.6. The van der Waals surface area contributed by atoms with Gasteiger partial charge in [0.05, 0.1) is 22.8 Å². The Labute approximate surface area is 122 Å². The van der Waals surface area contributed by atoms with Crippen LogP contribution in [0.25, 0.3) is 0 Å². The molecule has 21 heavy (non-hydrogen) atoms. The molecule has 120 valence electrons. The molecule has 1 aromatic carbocycles. The van der Waals surface area contributed by atoms with Gasteiger partial charge < -0.3 is 10.1 Å². The van der Waals surface area contributed by atoms with E-state index in [2.05, 4.69) is 5.32 Å². The zero-order valence-electron chi connectivity index (χ0n) is 11.6. The van der Waals surface area contributed by atoms with E-state index in [-0.39, 0.29) is 10.6 Å². The number of halogens is 3. The number of hydrogen-bond donors (Lipinski definition) is 1. The van der Waals surface area contributed by atoms with Crippen molar-refractivity contribution in [2.24, 2.45) is 0 Å². The Balaban J connectivity index is 2.62. The van der Waals surface area contributed by atoms with Crippen LogP contribution in [-0.4, -0.2) is 41.0 Å². The fraction of sp³-hybridized carbons (Fsp3) is 0.538.